The summed E-state index contributed by atoms with van der Waals surface area (Å²) in [7, 11) is -4.14. The van der Waals surface area contributed by atoms with Gasteiger partial charge in [-0.25, -0.2) is 0 Å². The summed E-state index contributed by atoms with van der Waals surface area (Å²) in [6.45, 7) is 11.1. The van der Waals surface area contributed by atoms with E-state index in [1.165, 1.54) is 0 Å². The van der Waals surface area contributed by atoms with Gasteiger partial charge >= 0.3 is 0 Å². The minimum atomic E-state index is -4.14. The monoisotopic (exact) mass is 504 g/mol. The zero-order valence-electron chi connectivity index (χ0n) is 20.4. The highest BCUT2D eigenvalue weighted by atomic mass is 32.2. The molecule has 0 spiro atoms. The molecule has 2 aromatic carbocycles. The molecule has 2 aromatic rings. The van der Waals surface area contributed by atoms with Crippen LogP contribution in [0.5, 0.6) is 0 Å². The van der Waals surface area contributed by atoms with Gasteiger partial charge in [-0.1, -0.05) is 42.5 Å². The van der Waals surface area contributed by atoms with Gasteiger partial charge in [-0.15, -0.1) is 6.58 Å². The van der Waals surface area contributed by atoms with Gasteiger partial charge in [0.1, 0.15) is 29.7 Å². The lowest BCUT2D eigenvalue weighted by molar-refractivity contribution is -0.230. The summed E-state index contributed by atoms with van der Waals surface area (Å²) in [6, 6.07) is 13.4. The molecule has 190 valence electrons. The van der Waals surface area contributed by atoms with Crippen molar-refractivity contribution in [3.05, 3.63) is 60.7 Å². The summed E-state index contributed by atoms with van der Waals surface area (Å²) in [5, 5.41) is 1.03. The molecule has 0 saturated carbocycles. The normalized spacial score (nSPS) is 32.5. The molecule has 3 saturated heterocycles. The topological polar surface area (TPSA) is 89.5 Å². The molecule has 3 fully saturated rings. The standard InChI is InChI=1S/C26H32O8S/c1-6-9-20(18-13-12-16-10-7-8-11-17(16)14-18)35(27,28)34-22-21(19-15-29-25(2,3)31-19)30-24-23(22)32-26(4,5)33-24/h6-8,10-14,19-24H,1,9,15H2,2-5H3/t19-,20-,21-,22-,23-,24-/m1/s1. The summed E-state index contributed by atoms with van der Waals surface area (Å²) in [4.78, 5) is 0. The third-order valence-electron chi connectivity index (χ3n) is 6.54. The van der Waals surface area contributed by atoms with E-state index < -0.39 is 57.6 Å². The number of hydrogen-bond donors (Lipinski definition) is 0. The third-order valence-corrected chi connectivity index (χ3v) is 8.20. The highest BCUT2D eigenvalue weighted by Gasteiger charge is 2.60. The Morgan fingerprint density at radius 2 is 1.77 bits per heavy atom. The van der Waals surface area contributed by atoms with Gasteiger partial charge in [-0.2, -0.15) is 8.42 Å². The van der Waals surface area contributed by atoms with E-state index in [1.54, 1.807) is 33.8 Å². The highest BCUT2D eigenvalue weighted by Crippen LogP contribution is 2.43. The van der Waals surface area contributed by atoms with Gasteiger partial charge in [0.2, 0.25) is 0 Å². The van der Waals surface area contributed by atoms with Crippen molar-refractivity contribution in [2.24, 2.45) is 0 Å². The van der Waals surface area contributed by atoms with E-state index in [9.17, 15) is 8.42 Å². The third kappa shape index (κ3) is 4.91. The molecule has 6 atom stereocenters. The van der Waals surface area contributed by atoms with Crippen molar-refractivity contribution in [3.63, 3.8) is 0 Å². The van der Waals surface area contributed by atoms with Crippen molar-refractivity contribution in [3.8, 4) is 0 Å². The maximum Gasteiger partial charge on any atom is 0.275 e. The molecule has 0 radical (unpaired) electrons. The predicted octanol–water partition coefficient (Wildman–Crippen LogP) is 4.20. The molecule has 5 rings (SSSR count). The van der Waals surface area contributed by atoms with Crippen molar-refractivity contribution in [1.82, 2.24) is 0 Å². The first-order chi connectivity index (χ1) is 16.5. The Kier molecular flexibility index (Phi) is 6.32. The SMILES string of the molecule is C=CC[C@H](c1ccc2ccccc2c1)S(=O)(=O)O[C@H]1[C@H]2OC(C)(C)O[C@H]2O[C@@H]1[C@H]1COC(C)(C)O1. The first kappa shape index (κ1) is 24.8. The number of allylic oxidation sites excluding steroid dienone is 1. The molecule has 0 amide bonds. The second kappa shape index (κ2) is 8.92. The number of fused-ring (bicyclic) bond motifs is 2. The largest absolute Gasteiger partial charge is 0.348 e. The molecule has 0 unspecified atom stereocenters. The van der Waals surface area contributed by atoms with Crippen LogP contribution in [0, 0.1) is 0 Å². The van der Waals surface area contributed by atoms with Crippen LogP contribution in [0.4, 0.5) is 0 Å². The molecular formula is C26H32O8S. The van der Waals surface area contributed by atoms with Crippen LogP contribution in [0.1, 0.15) is 44.9 Å². The van der Waals surface area contributed by atoms with Crippen LogP contribution in [-0.4, -0.2) is 57.3 Å². The van der Waals surface area contributed by atoms with Crippen LogP contribution in [0.2, 0.25) is 0 Å². The van der Waals surface area contributed by atoms with Gasteiger partial charge in [-0.05, 0) is 56.5 Å². The summed E-state index contributed by atoms with van der Waals surface area (Å²) in [5.74, 6) is -1.75. The second-order valence-corrected chi connectivity index (χ2v) is 11.9. The van der Waals surface area contributed by atoms with E-state index in [0.29, 0.717) is 5.56 Å². The van der Waals surface area contributed by atoms with Crippen LogP contribution < -0.4 is 0 Å². The minimum absolute atomic E-state index is 0.186. The average molecular weight is 505 g/mol. The van der Waals surface area contributed by atoms with Crippen LogP contribution in [0.3, 0.4) is 0 Å². The minimum Gasteiger partial charge on any atom is -0.348 e. The van der Waals surface area contributed by atoms with E-state index in [4.69, 9.17) is 27.9 Å². The van der Waals surface area contributed by atoms with Crippen LogP contribution >= 0.6 is 0 Å². The average Bonchev–Trinajstić information content (AvgIpc) is 3.40. The molecule has 0 N–H and O–H groups in total. The molecule has 3 aliphatic heterocycles. The number of hydrogen-bond acceptors (Lipinski definition) is 8. The summed E-state index contributed by atoms with van der Waals surface area (Å²) >= 11 is 0. The molecule has 35 heavy (non-hydrogen) atoms. The lowest BCUT2D eigenvalue weighted by Gasteiger charge is -2.29. The Balaban J connectivity index is 1.46. The highest BCUT2D eigenvalue weighted by molar-refractivity contribution is 7.87. The molecule has 9 heteroatoms. The van der Waals surface area contributed by atoms with Crippen molar-refractivity contribution in [2.45, 2.75) is 81.6 Å². The molecule has 0 bridgehead atoms. The van der Waals surface area contributed by atoms with E-state index in [0.717, 1.165) is 10.8 Å². The maximum absolute atomic E-state index is 13.8. The molecule has 0 aliphatic carbocycles. The van der Waals surface area contributed by atoms with Gasteiger partial charge in [-0.3, -0.25) is 4.18 Å². The Hall–Kier alpha value is -1.85. The van der Waals surface area contributed by atoms with Crippen LogP contribution in [-0.2, 0) is 38.0 Å². The summed E-state index contributed by atoms with van der Waals surface area (Å²) in [6.07, 6.45) is -2.00. The van der Waals surface area contributed by atoms with Crippen molar-refractivity contribution < 1.29 is 36.3 Å². The van der Waals surface area contributed by atoms with Gasteiger partial charge in [0.25, 0.3) is 10.1 Å². The molecule has 3 aliphatic rings. The first-order valence-corrected chi connectivity index (χ1v) is 13.3. The van der Waals surface area contributed by atoms with Crippen molar-refractivity contribution in [2.75, 3.05) is 6.61 Å². The quantitative estimate of drug-likeness (QED) is 0.409. The second-order valence-electron chi connectivity index (χ2n) is 10.1. The van der Waals surface area contributed by atoms with Gasteiger partial charge in [0.15, 0.2) is 17.9 Å². The first-order valence-electron chi connectivity index (χ1n) is 11.8. The fourth-order valence-corrected chi connectivity index (χ4v) is 6.51. The Morgan fingerprint density at radius 3 is 2.46 bits per heavy atom. The van der Waals surface area contributed by atoms with E-state index >= 15 is 0 Å². The fourth-order valence-electron chi connectivity index (χ4n) is 4.99. The van der Waals surface area contributed by atoms with Gasteiger partial charge in [0.05, 0.1) is 6.61 Å². The zero-order valence-corrected chi connectivity index (χ0v) is 21.2. The van der Waals surface area contributed by atoms with Crippen LogP contribution in [0.15, 0.2) is 55.1 Å². The van der Waals surface area contributed by atoms with E-state index in [-0.39, 0.29) is 13.0 Å². The van der Waals surface area contributed by atoms with Crippen molar-refractivity contribution >= 4 is 20.9 Å². The molecular weight excluding hydrogens is 472 g/mol. The maximum atomic E-state index is 13.8. The van der Waals surface area contributed by atoms with E-state index in [1.807, 2.05) is 42.5 Å². The summed E-state index contributed by atoms with van der Waals surface area (Å²) < 4.78 is 63.1. The lowest BCUT2D eigenvalue weighted by Crippen LogP contribution is -2.45. The van der Waals surface area contributed by atoms with Gasteiger partial charge < -0.3 is 23.7 Å². The fraction of sp³-hybridized carbons (Fsp3) is 0.538. The predicted molar refractivity (Wildman–Crippen MR) is 129 cm³/mol. The number of ether oxygens (including phenoxy) is 5. The zero-order chi connectivity index (χ0) is 25.0. The Labute approximate surface area is 206 Å². The number of benzene rings is 2. The molecule has 8 nitrogen and oxygen atoms in total. The van der Waals surface area contributed by atoms with Gasteiger partial charge in [0, 0.05) is 0 Å². The number of rotatable bonds is 7. The Bertz CT molecular complexity index is 1210. The Morgan fingerprint density at radius 1 is 1.03 bits per heavy atom. The molecule has 3 heterocycles. The van der Waals surface area contributed by atoms with Crippen molar-refractivity contribution in [1.29, 1.82) is 0 Å². The smallest absolute Gasteiger partial charge is 0.275 e. The lowest BCUT2D eigenvalue weighted by atomic mass is 10.0. The molecule has 0 aromatic heterocycles. The van der Waals surface area contributed by atoms with Crippen LogP contribution in [0.25, 0.3) is 10.8 Å². The summed E-state index contributed by atoms with van der Waals surface area (Å²) in [5.41, 5.74) is 0.626. The van der Waals surface area contributed by atoms with E-state index in [2.05, 4.69) is 6.58 Å².